The number of piperidine rings is 1. The van der Waals surface area contributed by atoms with Gasteiger partial charge in [-0.25, -0.2) is 4.79 Å². The summed E-state index contributed by atoms with van der Waals surface area (Å²) in [5, 5.41) is 3.48. The molecule has 0 radical (unpaired) electrons. The van der Waals surface area contributed by atoms with Gasteiger partial charge in [-0.3, -0.25) is 0 Å². The quantitative estimate of drug-likeness (QED) is 0.830. The fourth-order valence-corrected chi connectivity index (χ4v) is 3.53. The van der Waals surface area contributed by atoms with Crippen LogP contribution >= 0.6 is 0 Å². The van der Waals surface area contributed by atoms with Gasteiger partial charge in [0.05, 0.1) is 11.7 Å². The molecule has 0 spiro atoms. The summed E-state index contributed by atoms with van der Waals surface area (Å²) in [6, 6.07) is 3.74. The third kappa shape index (κ3) is 4.26. The standard InChI is InChI=1S/C18H22F3NO3/c1-10(2)24-17(23)15-7-11(18(19,20)21)3-6-16(15)25-14-8-12-4-5-13(9-14)22-12/h3,6-7,10,12-14,22H,4-5,8-9H2,1-2H3/t12-,13+,14?. The Bertz CT molecular complexity index is 633. The number of alkyl halides is 3. The number of rotatable bonds is 4. The Morgan fingerprint density at radius 1 is 1.20 bits per heavy atom. The second-order valence-corrected chi connectivity index (χ2v) is 7.01. The van der Waals surface area contributed by atoms with Crippen LogP contribution in [0.4, 0.5) is 13.2 Å². The van der Waals surface area contributed by atoms with Crippen molar-refractivity contribution in [3.05, 3.63) is 29.3 Å². The van der Waals surface area contributed by atoms with E-state index in [1.165, 1.54) is 6.07 Å². The number of carbonyl (C=O) groups excluding carboxylic acids is 1. The topological polar surface area (TPSA) is 47.6 Å². The van der Waals surface area contributed by atoms with Gasteiger partial charge in [0.25, 0.3) is 0 Å². The fraction of sp³-hybridized carbons (Fsp3) is 0.611. The van der Waals surface area contributed by atoms with E-state index in [2.05, 4.69) is 5.32 Å². The number of hydrogen-bond donors (Lipinski definition) is 1. The summed E-state index contributed by atoms with van der Waals surface area (Å²) in [4.78, 5) is 12.3. The maximum atomic E-state index is 13.0. The molecule has 2 bridgehead atoms. The Kier molecular flexibility index (Phi) is 4.95. The lowest BCUT2D eigenvalue weighted by atomic mass is 10.0. The molecule has 3 atom stereocenters. The highest BCUT2D eigenvalue weighted by Gasteiger charge is 2.36. The van der Waals surface area contributed by atoms with Crippen molar-refractivity contribution in [3.8, 4) is 5.75 Å². The number of nitrogens with one attached hydrogen (secondary N) is 1. The van der Waals surface area contributed by atoms with Crippen LogP contribution in [0, 0.1) is 0 Å². The van der Waals surface area contributed by atoms with E-state index in [0.29, 0.717) is 12.1 Å². The van der Waals surface area contributed by atoms with Gasteiger partial charge in [-0.15, -0.1) is 0 Å². The Morgan fingerprint density at radius 2 is 1.84 bits per heavy atom. The molecule has 3 rings (SSSR count). The first kappa shape index (κ1) is 18.0. The average Bonchev–Trinajstić information content (AvgIpc) is 2.84. The van der Waals surface area contributed by atoms with Crippen LogP contribution in [0.15, 0.2) is 18.2 Å². The van der Waals surface area contributed by atoms with Crippen LogP contribution in [0.25, 0.3) is 0 Å². The number of halogens is 3. The number of ether oxygens (including phenoxy) is 2. The van der Waals surface area contributed by atoms with E-state index in [-0.39, 0.29) is 17.4 Å². The van der Waals surface area contributed by atoms with E-state index < -0.39 is 23.8 Å². The number of benzene rings is 1. The van der Waals surface area contributed by atoms with E-state index in [4.69, 9.17) is 9.47 Å². The third-order valence-electron chi connectivity index (χ3n) is 4.59. The molecule has 0 aromatic heterocycles. The Balaban J connectivity index is 1.85. The van der Waals surface area contributed by atoms with Gasteiger partial charge in [0, 0.05) is 12.1 Å². The second kappa shape index (κ2) is 6.86. The minimum atomic E-state index is -4.53. The maximum Gasteiger partial charge on any atom is 0.416 e. The molecule has 25 heavy (non-hydrogen) atoms. The van der Waals surface area contributed by atoms with Gasteiger partial charge < -0.3 is 14.8 Å². The largest absolute Gasteiger partial charge is 0.489 e. The zero-order valence-corrected chi connectivity index (χ0v) is 14.2. The summed E-state index contributed by atoms with van der Waals surface area (Å²) >= 11 is 0. The zero-order valence-electron chi connectivity index (χ0n) is 14.2. The minimum absolute atomic E-state index is 0.110. The van der Waals surface area contributed by atoms with Crippen molar-refractivity contribution in [1.29, 1.82) is 0 Å². The molecule has 0 aliphatic carbocycles. The monoisotopic (exact) mass is 357 g/mol. The summed E-state index contributed by atoms with van der Waals surface area (Å²) in [5.41, 5.74) is -1.06. The maximum absolute atomic E-state index is 13.0. The van der Waals surface area contributed by atoms with Crippen LogP contribution in [-0.4, -0.2) is 30.3 Å². The molecule has 138 valence electrons. The van der Waals surface area contributed by atoms with Crippen molar-refractivity contribution in [1.82, 2.24) is 5.32 Å². The van der Waals surface area contributed by atoms with Crippen LogP contribution < -0.4 is 10.1 Å². The summed E-state index contributed by atoms with van der Waals surface area (Å²) < 4.78 is 50.0. The first-order valence-corrected chi connectivity index (χ1v) is 8.57. The molecule has 0 saturated carbocycles. The second-order valence-electron chi connectivity index (χ2n) is 7.01. The van der Waals surface area contributed by atoms with Crippen molar-refractivity contribution in [2.45, 2.75) is 70.0 Å². The Morgan fingerprint density at radius 3 is 2.40 bits per heavy atom. The molecule has 0 amide bonds. The summed E-state index contributed by atoms with van der Waals surface area (Å²) in [7, 11) is 0. The van der Waals surface area contributed by atoms with E-state index >= 15 is 0 Å². The van der Waals surface area contributed by atoms with Gasteiger partial charge in [-0.05, 0) is 57.7 Å². The highest BCUT2D eigenvalue weighted by Crippen LogP contribution is 2.35. The smallest absolute Gasteiger partial charge is 0.416 e. The highest BCUT2D eigenvalue weighted by atomic mass is 19.4. The Labute approximate surface area is 144 Å². The molecule has 7 heteroatoms. The molecular formula is C18H22F3NO3. The highest BCUT2D eigenvalue weighted by molar-refractivity contribution is 5.93. The zero-order chi connectivity index (χ0) is 18.2. The molecule has 2 aliphatic heterocycles. The van der Waals surface area contributed by atoms with Crippen molar-refractivity contribution >= 4 is 5.97 Å². The average molecular weight is 357 g/mol. The molecule has 1 aromatic carbocycles. The van der Waals surface area contributed by atoms with Crippen LogP contribution in [-0.2, 0) is 10.9 Å². The first-order chi connectivity index (χ1) is 11.7. The summed E-state index contributed by atoms with van der Waals surface area (Å²) in [6.07, 6.45) is -1.32. The predicted octanol–water partition coefficient (Wildman–Crippen LogP) is 3.93. The molecule has 1 aromatic rings. The fourth-order valence-electron chi connectivity index (χ4n) is 3.53. The van der Waals surface area contributed by atoms with E-state index in [9.17, 15) is 18.0 Å². The number of esters is 1. The van der Waals surface area contributed by atoms with Crippen LogP contribution in [0.3, 0.4) is 0 Å². The van der Waals surface area contributed by atoms with E-state index in [1.54, 1.807) is 13.8 Å². The van der Waals surface area contributed by atoms with Gasteiger partial charge >= 0.3 is 12.1 Å². The van der Waals surface area contributed by atoms with E-state index in [0.717, 1.165) is 37.8 Å². The summed E-state index contributed by atoms with van der Waals surface area (Å²) in [5.74, 6) is -0.641. The third-order valence-corrected chi connectivity index (χ3v) is 4.59. The van der Waals surface area contributed by atoms with Crippen LogP contribution in [0.1, 0.15) is 55.5 Å². The van der Waals surface area contributed by atoms with Gasteiger partial charge in [-0.1, -0.05) is 0 Å². The van der Waals surface area contributed by atoms with Gasteiger partial charge in [0.2, 0.25) is 0 Å². The van der Waals surface area contributed by atoms with Gasteiger partial charge in [0.15, 0.2) is 0 Å². The molecule has 2 fully saturated rings. The van der Waals surface area contributed by atoms with Crippen molar-refractivity contribution in [2.75, 3.05) is 0 Å². The molecule has 2 heterocycles. The first-order valence-electron chi connectivity index (χ1n) is 8.57. The number of fused-ring (bicyclic) bond motifs is 2. The Hall–Kier alpha value is -1.76. The molecule has 1 unspecified atom stereocenters. The summed E-state index contributed by atoms with van der Waals surface area (Å²) in [6.45, 7) is 3.30. The number of hydrogen-bond acceptors (Lipinski definition) is 4. The molecule has 1 N–H and O–H groups in total. The normalized spacial score (nSPS) is 25.9. The van der Waals surface area contributed by atoms with E-state index in [1.807, 2.05) is 0 Å². The van der Waals surface area contributed by atoms with Gasteiger partial charge in [0.1, 0.15) is 17.4 Å². The van der Waals surface area contributed by atoms with Crippen molar-refractivity contribution < 1.29 is 27.4 Å². The van der Waals surface area contributed by atoms with Crippen LogP contribution in [0.2, 0.25) is 0 Å². The molecule has 2 aliphatic rings. The van der Waals surface area contributed by atoms with Crippen molar-refractivity contribution in [3.63, 3.8) is 0 Å². The molecule has 2 saturated heterocycles. The van der Waals surface area contributed by atoms with Crippen molar-refractivity contribution in [2.24, 2.45) is 0 Å². The number of carbonyl (C=O) groups is 1. The lowest BCUT2D eigenvalue weighted by Crippen LogP contribution is -2.42. The SMILES string of the molecule is CC(C)OC(=O)c1cc(C(F)(F)F)ccc1OC1C[C@H]2CC[C@@H](C1)N2. The predicted molar refractivity (Wildman–Crippen MR) is 85.6 cm³/mol. The lowest BCUT2D eigenvalue weighted by Gasteiger charge is -2.30. The molecule has 4 nitrogen and oxygen atoms in total. The molecular weight excluding hydrogens is 335 g/mol. The lowest BCUT2D eigenvalue weighted by molar-refractivity contribution is -0.137. The van der Waals surface area contributed by atoms with Crippen LogP contribution in [0.5, 0.6) is 5.75 Å². The van der Waals surface area contributed by atoms with Gasteiger partial charge in [-0.2, -0.15) is 13.2 Å². The minimum Gasteiger partial charge on any atom is -0.489 e.